The molecular weight excluding hydrogens is 244 g/mol. The van der Waals surface area contributed by atoms with Crippen molar-refractivity contribution in [1.29, 1.82) is 0 Å². The molecule has 0 radical (unpaired) electrons. The molecule has 0 aliphatic heterocycles. The molecule has 2 nitrogen and oxygen atoms in total. The SMILES string of the molecule is CC(=O)OCc1ccccc1CCBr. The number of alkyl halides is 1. The van der Waals surface area contributed by atoms with Gasteiger partial charge in [-0.15, -0.1) is 0 Å². The van der Waals surface area contributed by atoms with Crippen LogP contribution in [0.5, 0.6) is 0 Å². The molecule has 0 N–H and O–H groups in total. The van der Waals surface area contributed by atoms with Gasteiger partial charge in [-0.25, -0.2) is 0 Å². The number of carbonyl (C=O) groups is 1. The summed E-state index contributed by atoms with van der Waals surface area (Å²) < 4.78 is 4.96. The van der Waals surface area contributed by atoms with Crippen LogP contribution < -0.4 is 0 Å². The van der Waals surface area contributed by atoms with Crippen LogP contribution in [-0.2, 0) is 22.6 Å². The van der Waals surface area contributed by atoms with Crippen LogP contribution in [0, 0.1) is 0 Å². The summed E-state index contributed by atoms with van der Waals surface area (Å²) >= 11 is 3.39. The van der Waals surface area contributed by atoms with Gasteiger partial charge in [-0.1, -0.05) is 40.2 Å². The quantitative estimate of drug-likeness (QED) is 0.612. The van der Waals surface area contributed by atoms with Crippen molar-refractivity contribution >= 4 is 21.9 Å². The second-order valence-corrected chi connectivity index (χ2v) is 3.78. The van der Waals surface area contributed by atoms with Gasteiger partial charge in [0, 0.05) is 12.3 Å². The molecule has 0 heterocycles. The van der Waals surface area contributed by atoms with Crippen molar-refractivity contribution in [3.8, 4) is 0 Å². The first-order valence-corrected chi connectivity index (χ1v) is 5.62. The lowest BCUT2D eigenvalue weighted by atomic mass is 10.1. The summed E-state index contributed by atoms with van der Waals surface area (Å²) in [5.74, 6) is -0.237. The van der Waals surface area contributed by atoms with Gasteiger partial charge in [0.15, 0.2) is 0 Å². The van der Waals surface area contributed by atoms with E-state index in [9.17, 15) is 4.79 Å². The van der Waals surface area contributed by atoms with Crippen molar-refractivity contribution in [2.75, 3.05) is 5.33 Å². The molecule has 1 aromatic rings. The molecule has 0 unspecified atom stereocenters. The number of hydrogen-bond donors (Lipinski definition) is 0. The first-order valence-electron chi connectivity index (χ1n) is 4.50. The molecule has 0 bridgehead atoms. The monoisotopic (exact) mass is 256 g/mol. The maximum absolute atomic E-state index is 10.7. The predicted molar refractivity (Wildman–Crippen MR) is 59.4 cm³/mol. The van der Waals surface area contributed by atoms with Gasteiger partial charge >= 0.3 is 5.97 Å². The highest BCUT2D eigenvalue weighted by Gasteiger charge is 2.02. The third kappa shape index (κ3) is 3.50. The number of hydrogen-bond acceptors (Lipinski definition) is 2. The molecule has 0 fully saturated rings. The summed E-state index contributed by atoms with van der Waals surface area (Å²) in [5.41, 5.74) is 2.31. The van der Waals surface area contributed by atoms with E-state index in [0.717, 1.165) is 17.3 Å². The molecule has 0 aliphatic carbocycles. The van der Waals surface area contributed by atoms with Crippen LogP contribution >= 0.6 is 15.9 Å². The molecule has 0 saturated carbocycles. The Morgan fingerprint density at radius 2 is 2.00 bits per heavy atom. The number of rotatable bonds is 4. The Bertz CT molecular complexity index is 310. The van der Waals surface area contributed by atoms with Crippen LogP contribution in [0.25, 0.3) is 0 Å². The van der Waals surface area contributed by atoms with Crippen molar-refractivity contribution in [3.63, 3.8) is 0 Å². The standard InChI is InChI=1S/C11H13BrO2/c1-9(13)14-8-11-5-3-2-4-10(11)6-7-12/h2-5H,6-8H2,1H3. The summed E-state index contributed by atoms with van der Waals surface area (Å²) in [6.07, 6.45) is 0.956. The van der Waals surface area contributed by atoms with Gasteiger partial charge in [-0.3, -0.25) is 4.79 Å². The van der Waals surface area contributed by atoms with E-state index in [4.69, 9.17) is 4.74 Å². The largest absolute Gasteiger partial charge is 0.461 e. The molecule has 76 valence electrons. The Labute approximate surface area is 92.4 Å². The zero-order chi connectivity index (χ0) is 10.4. The average molecular weight is 257 g/mol. The number of carbonyl (C=O) groups excluding carboxylic acids is 1. The van der Waals surface area contributed by atoms with Gasteiger partial charge in [-0.2, -0.15) is 0 Å². The fourth-order valence-corrected chi connectivity index (χ4v) is 1.65. The fraction of sp³-hybridized carbons (Fsp3) is 0.364. The highest BCUT2D eigenvalue weighted by molar-refractivity contribution is 9.09. The number of ether oxygens (including phenoxy) is 1. The lowest BCUT2D eigenvalue weighted by molar-refractivity contribution is -0.142. The van der Waals surface area contributed by atoms with Crippen LogP contribution in [0.1, 0.15) is 18.1 Å². The van der Waals surface area contributed by atoms with Crippen LogP contribution in [0.2, 0.25) is 0 Å². The van der Waals surface area contributed by atoms with Crippen molar-refractivity contribution in [3.05, 3.63) is 35.4 Å². The lowest BCUT2D eigenvalue weighted by Crippen LogP contribution is -2.02. The maximum Gasteiger partial charge on any atom is 0.302 e. The first-order chi connectivity index (χ1) is 6.74. The number of halogens is 1. The second kappa shape index (κ2) is 5.81. The summed E-state index contributed by atoms with van der Waals surface area (Å²) in [5, 5.41) is 0.921. The number of esters is 1. The van der Waals surface area contributed by atoms with Crippen molar-refractivity contribution in [1.82, 2.24) is 0 Å². The molecule has 0 saturated heterocycles. The van der Waals surface area contributed by atoms with E-state index in [1.165, 1.54) is 12.5 Å². The lowest BCUT2D eigenvalue weighted by Gasteiger charge is -2.07. The molecule has 14 heavy (non-hydrogen) atoms. The smallest absolute Gasteiger partial charge is 0.302 e. The molecular formula is C11H13BrO2. The fourth-order valence-electron chi connectivity index (χ4n) is 1.22. The maximum atomic E-state index is 10.7. The highest BCUT2D eigenvalue weighted by Crippen LogP contribution is 2.11. The Balaban J connectivity index is 2.68. The van der Waals surface area contributed by atoms with Crippen LogP contribution in [0.4, 0.5) is 0 Å². The molecule has 3 heteroatoms. The minimum absolute atomic E-state index is 0.237. The van der Waals surface area contributed by atoms with E-state index in [-0.39, 0.29) is 5.97 Å². The summed E-state index contributed by atoms with van der Waals surface area (Å²) in [6, 6.07) is 7.99. The van der Waals surface area contributed by atoms with Crippen molar-refractivity contribution < 1.29 is 9.53 Å². The zero-order valence-corrected chi connectivity index (χ0v) is 9.71. The van der Waals surface area contributed by atoms with E-state index in [2.05, 4.69) is 22.0 Å². The van der Waals surface area contributed by atoms with Gasteiger partial charge in [-0.05, 0) is 17.5 Å². The van der Waals surface area contributed by atoms with E-state index in [1.807, 2.05) is 18.2 Å². The number of benzene rings is 1. The molecule has 1 rings (SSSR count). The molecule has 0 aliphatic rings. The van der Waals surface area contributed by atoms with Gasteiger partial charge < -0.3 is 4.74 Å². The van der Waals surface area contributed by atoms with Gasteiger partial charge in [0.1, 0.15) is 6.61 Å². The third-order valence-electron chi connectivity index (χ3n) is 1.91. The molecule has 0 amide bonds. The second-order valence-electron chi connectivity index (χ2n) is 2.99. The van der Waals surface area contributed by atoms with Crippen LogP contribution in [0.3, 0.4) is 0 Å². The summed E-state index contributed by atoms with van der Waals surface area (Å²) in [4.78, 5) is 10.7. The Morgan fingerprint density at radius 3 is 2.57 bits per heavy atom. The van der Waals surface area contributed by atoms with Gasteiger partial charge in [0.05, 0.1) is 0 Å². The Morgan fingerprint density at radius 1 is 1.36 bits per heavy atom. The predicted octanol–water partition coefficient (Wildman–Crippen LogP) is 2.69. The van der Waals surface area contributed by atoms with E-state index >= 15 is 0 Å². The zero-order valence-electron chi connectivity index (χ0n) is 8.13. The first kappa shape index (κ1) is 11.2. The molecule has 0 atom stereocenters. The minimum Gasteiger partial charge on any atom is -0.461 e. The average Bonchev–Trinajstić information content (AvgIpc) is 2.17. The van der Waals surface area contributed by atoms with E-state index in [0.29, 0.717) is 6.61 Å². The van der Waals surface area contributed by atoms with Gasteiger partial charge in [0.2, 0.25) is 0 Å². The topological polar surface area (TPSA) is 26.3 Å². The summed E-state index contributed by atoms with van der Waals surface area (Å²) in [6.45, 7) is 1.80. The van der Waals surface area contributed by atoms with Crippen LogP contribution in [0.15, 0.2) is 24.3 Å². The minimum atomic E-state index is -0.237. The Kier molecular flexibility index (Phi) is 4.66. The third-order valence-corrected chi connectivity index (χ3v) is 2.31. The van der Waals surface area contributed by atoms with Crippen LogP contribution in [-0.4, -0.2) is 11.3 Å². The summed E-state index contributed by atoms with van der Waals surface area (Å²) in [7, 11) is 0. The normalized spacial score (nSPS) is 9.86. The van der Waals surface area contributed by atoms with E-state index < -0.39 is 0 Å². The van der Waals surface area contributed by atoms with Gasteiger partial charge in [0.25, 0.3) is 0 Å². The molecule has 0 aromatic heterocycles. The molecule has 1 aromatic carbocycles. The Hall–Kier alpha value is -0.830. The molecule has 0 spiro atoms. The van der Waals surface area contributed by atoms with E-state index in [1.54, 1.807) is 0 Å². The number of aryl methyl sites for hydroxylation is 1. The highest BCUT2D eigenvalue weighted by atomic mass is 79.9. The van der Waals surface area contributed by atoms with Crippen molar-refractivity contribution in [2.45, 2.75) is 20.0 Å². The van der Waals surface area contributed by atoms with Crippen molar-refractivity contribution in [2.24, 2.45) is 0 Å².